The van der Waals surface area contributed by atoms with E-state index in [1.54, 1.807) is 43.4 Å². The van der Waals surface area contributed by atoms with Crippen molar-refractivity contribution in [1.82, 2.24) is 10.3 Å². The maximum Gasteiger partial charge on any atom is 0.310 e. The number of nitrogens with zero attached hydrogens (tertiary/aromatic N) is 5. The number of nitro benzene ring substituents is 1. The minimum atomic E-state index is -0.773. The van der Waals surface area contributed by atoms with Crippen LogP contribution in [0.1, 0.15) is 33.9 Å². The quantitative estimate of drug-likeness (QED) is 0.167. The molecule has 0 spiro atoms. The maximum atomic E-state index is 11.4. The smallest absolute Gasteiger partial charge is 0.310 e. The van der Waals surface area contributed by atoms with Crippen LogP contribution in [0.2, 0.25) is 0 Å². The van der Waals surface area contributed by atoms with E-state index >= 15 is 0 Å². The van der Waals surface area contributed by atoms with Gasteiger partial charge in [-0.1, -0.05) is 12.1 Å². The van der Waals surface area contributed by atoms with Crippen molar-refractivity contribution >= 4 is 29.0 Å². The molecule has 0 saturated heterocycles. The van der Waals surface area contributed by atoms with E-state index in [0.29, 0.717) is 22.4 Å². The van der Waals surface area contributed by atoms with E-state index in [0.717, 1.165) is 5.56 Å². The fraction of sp³-hybridized carbons (Fsp3) is 0.167. The molecule has 3 aromatic rings. The number of anilines is 3. The summed E-state index contributed by atoms with van der Waals surface area (Å²) in [5.41, 5.74) is 14.5. The lowest BCUT2D eigenvalue weighted by atomic mass is 9.94. The van der Waals surface area contributed by atoms with Crippen LogP contribution in [-0.4, -0.2) is 23.0 Å². The van der Waals surface area contributed by atoms with E-state index in [-0.39, 0.29) is 46.9 Å². The fourth-order valence-electron chi connectivity index (χ4n) is 3.95. The molecule has 2 heterocycles. The number of aliphatic imine (C=N–C) groups is 1. The lowest BCUT2D eigenvalue weighted by Gasteiger charge is -2.26. The number of aromatic nitrogens is 1. The molecule has 2 aromatic carbocycles. The van der Waals surface area contributed by atoms with Crippen molar-refractivity contribution in [3.8, 4) is 23.8 Å². The van der Waals surface area contributed by atoms with E-state index in [9.17, 15) is 15.4 Å². The molecule has 1 aromatic heterocycles. The first-order valence-corrected chi connectivity index (χ1v) is 10.8. The van der Waals surface area contributed by atoms with E-state index in [2.05, 4.69) is 20.6 Å². The highest BCUT2D eigenvalue weighted by Gasteiger charge is 2.30. The number of nitrogens with one attached hydrogen (secondary N) is 2. The number of guanidine groups is 1. The average Bonchev–Trinajstić information content (AvgIpc) is 2.87. The van der Waals surface area contributed by atoms with Gasteiger partial charge in [0, 0.05) is 17.2 Å². The van der Waals surface area contributed by atoms with Crippen molar-refractivity contribution < 1.29 is 14.4 Å². The van der Waals surface area contributed by atoms with Gasteiger partial charge in [0.2, 0.25) is 5.96 Å². The molecule has 37 heavy (non-hydrogen) atoms. The molecule has 0 saturated carbocycles. The Hall–Kier alpha value is -5.56. The van der Waals surface area contributed by atoms with E-state index < -0.39 is 11.0 Å². The van der Waals surface area contributed by atoms with Gasteiger partial charge < -0.3 is 26.3 Å². The number of ether oxygens (including phenoxy) is 2. The standard InChI is InChI=1S/C24H21N9O4/c1-12-3-5-16(33(34)35)18(7-12)37-10-14-8-13(4-6-17(14)36-2)21-19-20(27)15(9-25)22(28)31-23(19)32-24(30-21)29-11-26/h3-8,21H,10H2,1-2H3,(H6,27,28,29,30,31,32). The number of methoxy groups -OCH3 is 1. The summed E-state index contributed by atoms with van der Waals surface area (Å²) in [7, 11) is 1.49. The Morgan fingerprint density at radius 2 is 2.00 bits per heavy atom. The van der Waals surface area contributed by atoms with Crippen LogP contribution in [0.4, 0.5) is 23.0 Å². The second-order valence-corrected chi connectivity index (χ2v) is 7.99. The first-order valence-electron chi connectivity index (χ1n) is 10.8. The zero-order chi connectivity index (χ0) is 26.7. The first-order chi connectivity index (χ1) is 17.8. The third-order valence-corrected chi connectivity index (χ3v) is 5.67. The number of rotatable bonds is 6. The second-order valence-electron chi connectivity index (χ2n) is 7.99. The van der Waals surface area contributed by atoms with Gasteiger partial charge in [-0.25, -0.2) is 9.98 Å². The van der Waals surface area contributed by atoms with Crippen molar-refractivity contribution in [2.24, 2.45) is 4.99 Å². The maximum absolute atomic E-state index is 11.4. The third-order valence-electron chi connectivity index (χ3n) is 5.67. The van der Waals surface area contributed by atoms with Crippen LogP contribution in [0.5, 0.6) is 11.5 Å². The molecule has 0 aliphatic carbocycles. The fourth-order valence-corrected chi connectivity index (χ4v) is 3.95. The number of nitro groups is 1. The number of pyridine rings is 1. The van der Waals surface area contributed by atoms with E-state index in [4.69, 9.17) is 26.2 Å². The van der Waals surface area contributed by atoms with Crippen molar-refractivity contribution in [1.29, 1.82) is 10.5 Å². The summed E-state index contributed by atoms with van der Waals surface area (Å²) in [6.07, 6.45) is 1.80. The summed E-state index contributed by atoms with van der Waals surface area (Å²) in [6, 6.07) is 11.0. The van der Waals surface area contributed by atoms with Crippen molar-refractivity contribution in [3.05, 3.63) is 74.3 Å². The molecule has 1 atom stereocenters. The van der Waals surface area contributed by atoms with Gasteiger partial charge in [-0.15, -0.1) is 0 Å². The highest BCUT2D eigenvalue weighted by Crippen LogP contribution is 2.41. The Morgan fingerprint density at radius 1 is 1.22 bits per heavy atom. The number of benzene rings is 2. The molecule has 0 radical (unpaired) electrons. The molecule has 1 unspecified atom stereocenters. The molecule has 1 aliphatic heterocycles. The average molecular weight is 499 g/mol. The number of aryl methyl sites for hydroxylation is 1. The summed E-state index contributed by atoms with van der Waals surface area (Å²) in [6.45, 7) is 1.75. The lowest BCUT2D eigenvalue weighted by molar-refractivity contribution is -0.386. The van der Waals surface area contributed by atoms with Crippen LogP contribution in [0.3, 0.4) is 0 Å². The number of nitrogen functional groups attached to an aromatic ring is 2. The van der Waals surface area contributed by atoms with Crippen molar-refractivity contribution in [2.75, 3.05) is 23.9 Å². The van der Waals surface area contributed by atoms with Crippen molar-refractivity contribution in [3.63, 3.8) is 0 Å². The number of hydrogen-bond acceptors (Lipinski definition) is 12. The molecule has 186 valence electrons. The number of nitrogens with two attached hydrogens (primary N) is 2. The molecule has 0 fully saturated rings. The zero-order valence-electron chi connectivity index (χ0n) is 19.8. The summed E-state index contributed by atoms with van der Waals surface area (Å²) in [5.74, 6) is 0.891. The summed E-state index contributed by atoms with van der Waals surface area (Å²) in [5, 5.41) is 35.4. The molecular formula is C24H21N9O4. The Bertz CT molecular complexity index is 1520. The van der Waals surface area contributed by atoms with Gasteiger partial charge in [-0.2, -0.15) is 10.5 Å². The van der Waals surface area contributed by atoms with Gasteiger partial charge >= 0.3 is 5.69 Å². The first kappa shape index (κ1) is 24.6. The Morgan fingerprint density at radius 3 is 2.68 bits per heavy atom. The predicted molar refractivity (Wildman–Crippen MR) is 135 cm³/mol. The number of fused-ring (bicyclic) bond motifs is 1. The van der Waals surface area contributed by atoms with Crippen LogP contribution in [0, 0.1) is 39.8 Å². The normalized spacial score (nSPS) is 13.7. The summed E-state index contributed by atoms with van der Waals surface area (Å²) in [4.78, 5) is 19.7. The van der Waals surface area contributed by atoms with Gasteiger partial charge in [-0.05, 0) is 36.2 Å². The molecule has 4 rings (SSSR count). The highest BCUT2D eigenvalue weighted by atomic mass is 16.6. The van der Waals surface area contributed by atoms with Crippen LogP contribution in [0.15, 0.2) is 41.4 Å². The molecule has 13 nitrogen and oxygen atoms in total. The van der Waals surface area contributed by atoms with Crippen molar-refractivity contribution in [2.45, 2.75) is 19.6 Å². The Kier molecular flexibility index (Phi) is 6.62. The largest absolute Gasteiger partial charge is 0.496 e. The molecule has 6 N–H and O–H groups in total. The topological polar surface area (TPSA) is 211 Å². The molecule has 1 aliphatic rings. The summed E-state index contributed by atoms with van der Waals surface area (Å²) >= 11 is 0. The molecule has 0 bridgehead atoms. The van der Waals surface area contributed by atoms with Crippen LogP contribution < -0.4 is 31.6 Å². The Balaban J connectivity index is 1.78. The SMILES string of the molecule is COc1ccc(C2N=C(NC#N)Nc3nc(N)c(C#N)c(N)c32)cc1COc1cc(C)ccc1[N+](=O)[O-]. The van der Waals surface area contributed by atoms with E-state index in [1.165, 1.54) is 13.2 Å². The van der Waals surface area contributed by atoms with Gasteiger partial charge in [0.15, 0.2) is 11.9 Å². The monoisotopic (exact) mass is 499 g/mol. The number of nitriles is 2. The van der Waals surface area contributed by atoms with Gasteiger partial charge in [0.1, 0.15) is 41.7 Å². The molecular weight excluding hydrogens is 478 g/mol. The third kappa shape index (κ3) is 4.69. The van der Waals surface area contributed by atoms with Crippen LogP contribution >= 0.6 is 0 Å². The summed E-state index contributed by atoms with van der Waals surface area (Å²) < 4.78 is 11.3. The molecule has 0 amide bonds. The van der Waals surface area contributed by atoms with E-state index in [1.807, 2.05) is 6.07 Å². The predicted octanol–water partition coefficient (Wildman–Crippen LogP) is 2.86. The van der Waals surface area contributed by atoms with Gasteiger partial charge in [-0.3, -0.25) is 15.4 Å². The number of hydrogen-bond donors (Lipinski definition) is 4. The van der Waals surface area contributed by atoms with Crippen LogP contribution in [0.25, 0.3) is 0 Å². The highest BCUT2D eigenvalue weighted by molar-refractivity contribution is 5.98. The van der Waals surface area contributed by atoms with Gasteiger partial charge in [0.25, 0.3) is 0 Å². The minimum absolute atomic E-state index is 0.0151. The van der Waals surface area contributed by atoms with Crippen LogP contribution in [-0.2, 0) is 6.61 Å². The Labute approximate surface area is 211 Å². The minimum Gasteiger partial charge on any atom is -0.496 e. The van der Waals surface area contributed by atoms with Gasteiger partial charge in [0.05, 0.1) is 17.7 Å². The second kappa shape index (κ2) is 9.97. The zero-order valence-corrected chi connectivity index (χ0v) is 19.8. The molecule has 13 heteroatoms. The lowest BCUT2D eigenvalue weighted by Crippen LogP contribution is -2.32.